The molecule has 0 saturated carbocycles. The molecule has 14 heavy (non-hydrogen) atoms. The maximum atomic E-state index is 11.8. The van der Waals surface area contributed by atoms with Crippen molar-refractivity contribution in [2.24, 2.45) is 0 Å². The lowest BCUT2D eigenvalue weighted by atomic mass is 10.4. The van der Waals surface area contributed by atoms with E-state index in [0.29, 0.717) is 0 Å². The summed E-state index contributed by atoms with van der Waals surface area (Å²) in [7, 11) is 2.61. The van der Waals surface area contributed by atoms with Crippen molar-refractivity contribution in [1.82, 2.24) is 0 Å². The minimum atomic E-state index is -4.04. The van der Waals surface area contributed by atoms with Gasteiger partial charge in [-0.1, -0.05) is 39.8 Å². The molecule has 5 heteroatoms. The van der Waals surface area contributed by atoms with Crippen LogP contribution in [0, 0.1) is 0 Å². The summed E-state index contributed by atoms with van der Waals surface area (Å²) in [6.45, 7) is 0. The van der Waals surface area contributed by atoms with Gasteiger partial charge in [0.15, 0.2) is 0 Å². The molecule has 0 aliphatic heterocycles. The maximum Gasteiger partial charge on any atom is 0.389 e. The smallest absolute Gasteiger partial charge is 0.171 e. The van der Waals surface area contributed by atoms with Gasteiger partial charge in [0.05, 0.1) is 6.42 Å². The van der Waals surface area contributed by atoms with Crippen LogP contribution in [0.1, 0.15) is 6.42 Å². The molecule has 1 rings (SSSR count). The summed E-state index contributed by atoms with van der Waals surface area (Å²) in [6, 6.07) is 9.38. The second kappa shape index (κ2) is 5.56. The molecule has 78 valence electrons. The Bertz CT molecular complexity index is 259. The molecule has 0 atom stereocenters. The summed E-state index contributed by atoms with van der Waals surface area (Å²) in [5.74, 6) is 0.100. The quantitative estimate of drug-likeness (QED) is 0.564. The molecular formula is C9H9F3S2. The number of rotatable bonds is 4. The first kappa shape index (κ1) is 11.8. The number of halogens is 3. The van der Waals surface area contributed by atoms with Crippen LogP contribution in [0.15, 0.2) is 35.2 Å². The van der Waals surface area contributed by atoms with Gasteiger partial charge in [-0.3, -0.25) is 0 Å². The Kier molecular flexibility index (Phi) is 4.68. The van der Waals surface area contributed by atoms with Gasteiger partial charge in [-0.15, -0.1) is 0 Å². The average Bonchev–Trinajstić information content (AvgIpc) is 2.13. The third-order valence-electron chi connectivity index (χ3n) is 1.37. The van der Waals surface area contributed by atoms with Gasteiger partial charge in [-0.05, 0) is 12.1 Å². The third kappa shape index (κ3) is 5.44. The van der Waals surface area contributed by atoms with Gasteiger partial charge in [0, 0.05) is 10.6 Å². The summed E-state index contributed by atoms with van der Waals surface area (Å²) in [6.07, 6.45) is -4.76. The van der Waals surface area contributed by atoms with Crippen molar-refractivity contribution in [3.63, 3.8) is 0 Å². The zero-order valence-electron chi connectivity index (χ0n) is 7.25. The van der Waals surface area contributed by atoms with Crippen LogP contribution in [0.3, 0.4) is 0 Å². The topological polar surface area (TPSA) is 0 Å². The molecule has 0 nitrogen and oxygen atoms in total. The van der Waals surface area contributed by atoms with Crippen molar-refractivity contribution in [1.29, 1.82) is 0 Å². The molecule has 0 bridgehead atoms. The molecule has 0 radical (unpaired) electrons. The standard InChI is InChI=1S/C9H9F3S2/c10-9(11,12)6-7-13-14-8-4-2-1-3-5-8/h1-5H,6-7H2. The second-order valence-corrected chi connectivity index (χ2v) is 5.07. The highest BCUT2D eigenvalue weighted by Gasteiger charge is 2.26. The van der Waals surface area contributed by atoms with Crippen LogP contribution in [0.4, 0.5) is 13.2 Å². The van der Waals surface area contributed by atoms with Crippen LogP contribution in [-0.2, 0) is 0 Å². The van der Waals surface area contributed by atoms with E-state index in [2.05, 4.69) is 0 Å². The maximum absolute atomic E-state index is 11.8. The summed E-state index contributed by atoms with van der Waals surface area (Å²) in [4.78, 5) is 0.986. The molecule has 0 fully saturated rings. The summed E-state index contributed by atoms with van der Waals surface area (Å²) >= 11 is 0. The lowest BCUT2D eigenvalue weighted by Crippen LogP contribution is -2.07. The highest BCUT2D eigenvalue weighted by Crippen LogP contribution is 2.33. The van der Waals surface area contributed by atoms with Gasteiger partial charge >= 0.3 is 6.18 Å². The van der Waals surface area contributed by atoms with Crippen LogP contribution < -0.4 is 0 Å². The first-order valence-electron chi connectivity index (χ1n) is 3.99. The fraction of sp³-hybridized carbons (Fsp3) is 0.333. The minimum absolute atomic E-state index is 0.100. The number of alkyl halides is 3. The molecule has 0 heterocycles. The number of hydrogen-bond donors (Lipinski definition) is 0. The van der Waals surface area contributed by atoms with E-state index >= 15 is 0 Å². The normalized spacial score (nSPS) is 11.6. The fourth-order valence-electron chi connectivity index (χ4n) is 0.743. The van der Waals surface area contributed by atoms with Crippen LogP contribution >= 0.6 is 21.6 Å². The molecule has 0 aliphatic rings. The third-order valence-corrected chi connectivity index (χ3v) is 3.75. The van der Waals surface area contributed by atoms with Gasteiger partial charge < -0.3 is 0 Å². The van der Waals surface area contributed by atoms with Crippen molar-refractivity contribution in [3.8, 4) is 0 Å². The highest BCUT2D eigenvalue weighted by molar-refractivity contribution is 8.76. The summed E-state index contributed by atoms with van der Waals surface area (Å²) in [5.41, 5.74) is 0. The highest BCUT2D eigenvalue weighted by atomic mass is 33.1. The monoisotopic (exact) mass is 238 g/mol. The molecule has 0 aliphatic carbocycles. The number of benzene rings is 1. The average molecular weight is 238 g/mol. The first-order chi connectivity index (χ1) is 6.58. The first-order valence-corrected chi connectivity index (χ1v) is 6.31. The van der Waals surface area contributed by atoms with E-state index in [1.807, 2.05) is 30.3 Å². The number of hydrogen-bond acceptors (Lipinski definition) is 2. The Morgan fingerprint density at radius 3 is 2.29 bits per heavy atom. The van der Waals surface area contributed by atoms with E-state index in [4.69, 9.17) is 0 Å². The van der Waals surface area contributed by atoms with Crippen molar-refractivity contribution in [2.75, 3.05) is 5.75 Å². The van der Waals surface area contributed by atoms with Gasteiger partial charge in [0.25, 0.3) is 0 Å². The Morgan fingerprint density at radius 1 is 1.07 bits per heavy atom. The lowest BCUT2D eigenvalue weighted by Gasteiger charge is -2.04. The molecule has 0 unspecified atom stereocenters. The van der Waals surface area contributed by atoms with Crippen LogP contribution in [0.5, 0.6) is 0 Å². The van der Waals surface area contributed by atoms with Gasteiger partial charge in [0.1, 0.15) is 0 Å². The van der Waals surface area contributed by atoms with E-state index in [0.717, 1.165) is 4.90 Å². The van der Waals surface area contributed by atoms with Gasteiger partial charge in [-0.25, -0.2) is 0 Å². The van der Waals surface area contributed by atoms with E-state index in [1.54, 1.807) is 0 Å². The summed E-state index contributed by atoms with van der Waals surface area (Å²) in [5, 5.41) is 0. The van der Waals surface area contributed by atoms with Crippen LogP contribution in [0.2, 0.25) is 0 Å². The molecular weight excluding hydrogens is 229 g/mol. The Hall–Kier alpha value is -0.290. The van der Waals surface area contributed by atoms with Gasteiger partial charge in [-0.2, -0.15) is 13.2 Å². The fourth-order valence-corrected chi connectivity index (χ4v) is 2.79. The molecule has 0 saturated heterocycles. The summed E-state index contributed by atoms with van der Waals surface area (Å²) < 4.78 is 35.3. The van der Waals surface area contributed by atoms with Gasteiger partial charge in [0.2, 0.25) is 0 Å². The Morgan fingerprint density at radius 2 is 1.71 bits per heavy atom. The molecule has 0 amide bonds. The predicted octanol–water partition coefficient (Wildman–Crippen LogP) is 4.38. The predicted molar refractivity (Wildman–Crippen MR) is 55.4 cm³/mol. The van der Waals surface area contributed by atoms with E-state index in [1.165, 1.54) is 21.6 Å². The zero-order chi connectivity index (χ0) is 10.4. The minimum Gasteiger partial charge on any atom is -0.171 e. The van der Waals surface area contributed by atoms with Crippen LogP contribution in [0.25, 0.3) is 0 Å². The SMILES string of the molecule is FC(F)(F)CCSSc1ccccc1. The molecule has 0 N–H and O–H groups in total. The van der Waals surface area contributed by atoms with Crippen molar-refractivity contribution >= 4 is 21.6 Å². The molecule has 1 aromatic carbocycles. The van der Waals surface area contributed by atoms with E-state index < -0.39 is 12.6 Å². The second-order valence-electron chi connectivity index (χ2n) is 2.58. The Labute approximate surface area is 88.7 Å². The zero-order valence-corrected chi connectivity index (χ0v) is 8.88. The van der Waals surface area contributed by atoms with E-state index in [9.17, 15) is 13.2 Å². The van der Waals surface area contributed by atoms with Crippen molar-refractivity contribution in [3.05, 3.63) is 30.3 Å². The lowest BCUT2D eigenvalue weighted by molar-refractivity contribution is -0.129. The molecule has 1 aromatic rings. The largest absolute Gasteiger partial charge is 0.389 e. The van der Waals surface area contributed by atoms with Crippen LogP contribution in [-0.4, -0.2) is 11.9 Å². The van der Waals surface area contributed by atoms with E-state index in [-0.39, 0.29) is 5.75 Å². The molecule has 0 aromatic heterocycles. The Balaban J connectivity index is 2.17. The van der Waals surface area contributed by atoms with Crippen molar-refractivity contribution < 1.29 is 13.2 Å². The van der Waals surface area contributed by atoms with Crippen molar-refractivity contribution in [2.45, 2.75) is 17.5 Å². The molecule has 0 spiro atoms.